The van der Waals surface area contributed by atoms with Gasteiger partial charge in [-0.1, -0.05) is 0 Å². The van der Waals surface area contributed by atoms with E-state index in [9.17, 15) is 0 Å². The van der Waals surface area contributed by atoms with Crippen LogP contribution in [0.15, 0.2) is 53.5 Å². The molecule has 5 heteroatoms. The predicted octanol–water partition coefficient (Wildman–Crippen LogP) is 3.42. The highest BCUT2D eigenvalue weighted by atomic mass is 16.5. The van der Waals surface area contributed by atoms with E-state index in [1.807, 2.05) is 30.3 Å². The molecule has 0 aliphatic rings. The van der Waals surface area contributed by atoms with Crippen LogP contribution in [0, 0.1) is 0 Å². The summed E-state index contributed by atoms with van der Waals surface area (Å²) in [4.78, 5) is 8.32. The van der Waals surface area contributed by atoms with Crippen LogP contribution in [0.3, 0.4) is 0 Å². The molecular weight excluding hydrogens is 268 g/mol. The molecule has 0 spiro atoms. The molecule has 21 heavy (non-hydrogen) atoms. The van der Waals surface area contributed by atoms with Crippen molar-refractivity contribution in [1.82, 2.24) is 9.97 Å². The predicted molar refractivity (Wildman–Crippen MR) is 78.3 cm³/mol. The third-order valence-electron chi connectivity index (χ3n) is 3.17. The van der Waals surface area contributed by atoms with Gasteiger partial charge < -0.3 is 13.9 Å². The Kier molecular flexibility index (Phi) is 3.55. The molecule has 5 nitrogen and oxygen atoms in total. The highest BCUT2D eigenvalue weighted by molar-refractivity contribution is 5.77. The largest absolute Gasteiger partial charge is 0.493 e. The maximum atomic E-state index is 5.52. The van der Waals surface area contributed by atoms with Gasteiger partial charge in [0.15, 0.2) is 23.7 Å². The van der Waals surface area contributed by atoms with Crippen molar-refractivity contribution in [2.45, 2.75) is 0 Å². The highest BCUT2D eigenvalue weighted by Gasteiger charge is 2.15. The van der Waals surface area contributed by atoms with Crippen molar-refractivity contribution in [3.05, 3.63) is 49.1 Å². The van der Waals surface area contributed by atoms with E-state index in [0.29, 0.717) is 17.3 Å². The zero-order valence-electron chi connectivity index (χ0n) is 11.7. The Morgan fingerprint density at radius 2 is 1.67 bits per heavy atom. The topological polar surface area (TPSA) is 57.4 Å². The van der Waals surface area contributed by atoms with Gasteiger partial charge in [-0.15, -0.1) is 0 Å². The van der Waals surface area contributed by atoms with Gasteiger partial charge in [0.1, 0.15) is 5.69 Å². The second-order valence-corrected chi connectivity index (χ2v) is 4.34. The minimum atomic E-state index is 0.652. The van der Waals surface area contributed by atoms with Gasteiger partial charge in [0.2, 0.25) is 0 Å². The number of hydrogen-bond donors (Lipinski definition) is 0. The molecule has 2 aromatic heterocycles. The van der Waals surface area contributed by atoms with Crippen molar-refractivity contribution >= 4 is 0 Å². The minimum Gasteiger partial charge on any atom is -0.493 e. The highest BCUT2D eigenvalue weighted by Crippen LogP contribution is 2.36. The number of oxazole rings is 1. The molecule has 0 fully saturated rings. The molecule has 0 unspecified atom stereocenters. The molecule has 0 atom stereocenters. The summed E-state index contributed by atoms with van der Waals surface area (Å²) in [6.07, 6.45) is 4.87. The Labute approximate surface area is 122 Å². The monoisotopic (exact) mass is 282 g/mol. The first-order valence-corrected chi connectivity index (χ1v) is 6.39. The molecular formula is C16H14N2O3. The van der Waals surface area contributed by atoms with Crippen molar-refractivity contribution in [1.29, 1.82) is 0 Å². The minimum absolute atomic E-state index is 0.652. The van der Waals surface area contributed by atoms with Crippen LogP contribution in [0.1, 0.15) is 0 Å². The van der Waals surface area contributed by atoms with E-state index in [1.165, 1.54) is 6.39 Å². The standard InChI is InChI=1S/C16H14N2O3/c1-19-13-4-3-12(9-14(13)20-2)15-16(21-10-18-15)11-5-7-17-8-6-11/h3-10H,1-2H3. The lowest BCUT2D eigenvalue weighted by molar-refractivity contribution is 0.355. The first-order chi connectivity index (χ1) is 10.3. The van der Waals surface area contributed by atoms with Crippen LogP contribution in [-0.2, 0) is 0 Å². The van der Waals surface area contributed by atoms with E-state index < -0.39 is 0 Å². The van der Waals surface area contributed by atoms with Crippen molar-refractivity contribution in [2.75, 3.05) is 14.2 Å². The fourth-order valence-electron chi connectivity index (χ4n) is 2.14. The van der Waals surface area contributed by atoms with Gasteiger partial charge in [-0.2, -0.15) is 0 Å². The van der Waals surface area contributed by atoms with Crippen molar-refractivity contribution in [2.24, 2.45) is 0 Å². The Morgan fingerprint density at radius 1 is 0.905 bits per heavy atom. The molecule has 0 radical (unpaired) electrons. The molecule has 2 heterocycles. The lowest BCUT2D eigenvalue weighted by atomic mass is 10.1. The first-order valence-electron chi connectivity index (χ1n) is 6.39. The Balaban J connectivity index is 2.08. The molecule has 0 saturated heterocycles. The van der Waals surface area contributed by atoms with E-state index >= 15 is 0 Å². The first kappa shape index (κ1) is 13.2. The van der Waals surface area contributed by atoms with Crippen LogP contribution in [0.5, 0.6) is 11.5 Å². The van der Waals surface area contributed by atoms with Gasteiger partial charge in [-0.05, 0) is 30.3 Å². The summed E-state index contributed by atoms with van der Waals surface area (Å²) in [5, 5.41) is 0. The van der Waals surface area contributed by atoms with Crippen LogP contribution in [0.25, 0.3) is 22.6 Å². The summed E-state index contributed by atoms with van der Waals surface area (Å²) in [6.45, 7) is 0. The Bertz CT molecular complexity index is 738. The van der Waals surface area contributed by atoms with E-state index in [-0.39, 0.29) is 0 Å². The lowest BCUT2D eigenvalue weighted by Crippen LogP contribution is -1.91. The fraction of sp³-hybridized carbons (Fsp3) is 0.125. The summed E-state index contributed by atoms with van der Waals surface area (Å²) in [5.74, 6) is 2.03. The molecule has 3 rings (SSSR count). The Morgan fingerprint density at radius 3 is 2.38 bits per heavy atom. The van der Waals surface area contributed by atoms with Gasteiger partial charge in [-0.25, -0.2) is 4.98 Å². The summed E-state index contributed by atoms with van der Waals surface area (Å²) in [6, 6.07) is 9.40. The molecule has 1 aromatic carbocycles. The zero-order valence-corrected chi connectivity index (χ0v) is 11.7. The summed E-state index contributed by atoms with van der Waals surface area (Å²) in [5.41, 5.74) is 2.57. The number of methoxy groups -OCH3 is 2. The van der Waals surface area contributed by atoms with Crippen LogP contribution in [0.4, 0.5) is 0 Å². The molecule has 0 aliphatic carbocycles. The summed E-state index contributed by atoms with van der Waals surface area (Å²) < 4.78 is 16.1. The van der Waals surface area contributed by atoms with Gasteiger partial charge in [-0.3, -0.25) is 4.98 Å². The van der Waals surface area contributed by atoms with E-state index in [1.54, 1.807) is 26.6 Å². The average molecular weight is 282 g/mol. The van der Waals surface area contributed by atoms with E-state index in [2.05, 4.69) is 9.97 Å². The van der Waals surface area contributed by atoms with Crippen molar-refractivity contribution < 1.29 is 13.9 Å². The third kappa shape index (κ3) is 2.45. The van der Waals surface area contributed by atoms with Gasteiger partial charge in [0, 0.05) is 23.5 Å². The fourth-order valence-corrected chi connectivity index (χ4v) is 2.14. The Hall–Kier alpha value is -2.82. The molecule has 0 saturated carbocycles. The second kappa shape index (κ2) is 5.66. The molecule has 106 valence electrons. The van der Waals surface area contributed by atoms with Crippen molar-refractivity contribution in [3.8, 4) is 34.1 Å². The second-order valence-electron chi connectivity index (χ2n) is 4.34. The normalized spacial score (nSPS) is 10.4. The quantitative estimate of drug-likeness (QED) is 0.733. The zero-order chi connectivity index (χ0) is 14.7. The van der Waals surface area contributed by atoms with Crippen LogP contribution in [0.2, 0.25) is 0 Å². The number of rotatable bonds is 4. The van der Waals surface area contributed by atoms with Crippen LogP contribution < -0.4 is 9.47 Å². The number of pyridine rings is 1. The maximum Gasteiger partial charge on any atom is 0.182 e. The van der Waals surface area contributed by atoms with Crippen LogP contribution >= 0.6 is 0 Å². The SMILES string of the molecule is COc1ccc(-c2ncoc2-c2ccncc2)cc1OC. The number of hydrogen-bond acceptors (Lipinski definition) is 5. The van der Waals surface area contributed by atoms with Gasteiger partial charge in [0.25, 0.3) is 0 Å². The number of aromatic nitrogens is 2. The molecule has 0 amide bonds. The number of nitrogens with zero attached hydrogens (tertiary/aromatic N) is 2. The van der Waals surface area contributed by atoms with Gasteiger partial charge in [0.05, 0.1) is 14.2 Å². The van der Waals surface area contributed by atoms with Gasteiger partial charge >= 0.3 is 0 Å². The summed E-state index contributed by atoms with van der Waals surface area (Å²) >= 11 is 0. The third-order valence-corrected chi connectivity index (χ3v) is 3.17. The summed E-state index contributed by atoms with van der Waals surface area (Å²) in [7, 11) is 3.21. The number of benzene rings is 1. The average Bonchev–Trinajstić information content (AvgIpc) is 3.04. The van der Waals surface area contributed by atoms with Crippen LogP contribution in [-0.4, -0.2) is 24.2 Å². The molecule has 0 N–H and O–H groups in total. The molecule has 3 aromatic rings. The number of ether oxygens (including phenoxy) is 2. The van der Waals surface area contributed by atoms with E-state index in [4.69, 9.17) is 13.9 Å². The molecule has 0 bridgehead atoms. The lowest BCUT2D eigenvalue weighted by Gasteiger charge is -2.09. The van der Waals surface area contributed by atoms with E-state index in [0.717, 1.165) is 16.8 Å². The maximum absolute atomic E-state index is 5.52. The smallest absolute Gasteiger partial charge is 0.182 e. The van der Waals surface area contributed by atoms with Crippen molar-refractivity contribution in [3.63, 3.8) is 0 Å². The molecule has 0 aliphatic heterocycles.